The summed E-state index contributed by atoms with van der Waals surface area (Å²) in [4.78, 5) is 43.8. The quantitative estimate of drug-likeness (QED) is 0.724. The number of amides is 2. The molecule has 152 valence electrons. The fourth-order valence-electron chi connectivity index (χ4n) is 3.16. The van der Waals surface area contributed by atoms with Crippen LogP contribution in [0.4, 0.5) is 4.79 Å². The second kappa shape index (κ2) is 8.20. The number of halogens is 1. The van der Waals surface area contributed by atoms with Crippen molar-refractivity contribution < 1.29 is 19.1 Å². The summed E-state index contributed by atoms with van der Waals surface area (Å²) in [6, 6.07) is -0.473. The molecular formula is C18H23BrN4O4S. The number of Topliss-reactive ketones (excluding diaryl/α,β-unsaturated/α-hetero) is 1. The van der Waals surface area contributed by atoms with Crippen molar-refractivity contribution in [2.45, 2.75) is 51.7 Å². The predicted molar refractivity (Wildman–Crippen MR) is 108 cm³/mol. The van der Waals surface area contributed by atoms with Gasteiger partial charge < -0.3 is 15.0 Å². The van der Waals surface area contributed by atoms with Gasteiger partial charge >= 0.3 is 6.09 Å². The number of nitrogens with one attached hydrogen (secondary N) is 1. The Morgan fingerprint density at radius 2 is 2.11 bits per heavy atom. The maximum atomic E-state index is 12.8. The lowest BCUT2D eigenvalue weighted by Crippen LogP contribution is -2.46. The predicted octanol–water partition coefficient (Wildman–Crippen LogP) is 2.79. The number of carbonyl (C=O) groups is 3. The molecule has 0 unspecified atom stereocenters. The lowest BCUT2D eigenvalue weighted by atomic mass is 10.1. The number of thiazole rings is 1. The van der Waals surface area contributed by atoms with Crippen molar-refractivity contribution in [1.82, 2.24) is 19.6 Å². The first kappa shape index (κ1) is 20.8. The van der Waals surface area contributed by atoms with E-state index in [1.54, 1.807) is 25.7 Å². The van der Waals surface area contributed by atoms with Crippen LogP contribution in [0.3, 0.4) is 0 Å². The Balaban J connectivity index is 1.56. The first-order valence-corrected chi connectivity index (χ1v) is 10.7. The average molecular weight is 471 g/mol. The molecule has 0 saturated carbocycles. The molecule has 1 aliphatic rings. The highest BCUT2D eigenvalue weighted by atomic mass is 79.9. The van der Waals surface area contributed by atoms with Crippen LogP contribution in [0.5, 0.6) is 0 Å². The Labute approximate surface area is 175 Å². The van der Waals surface area contributed by atoms with Gasteiger partial charge in [0.2, 0.25) is 5.91 Å². The van der Waals surface area contributed by atoms with Crippen molar-refractivity contribution >= 4 is 50.0 Å². The fraction of sp³-hybridized carbons (Fsp3) is 0.556. The van der Waals surface area contributed by atoms with Gasteiger partial charge in [0, 0.05) is 18.9 Å². The zero-order valence-corrected chi connectivity index (χ0v) is 18.4. The first-order valence-electron chi connectivity index (χ1n) is 9.04. The van der Waals surface area contributed by atoms with Crippen LogP contribution in [-0.2, 0) is 20.7 Å². The molecular weight excluding hydrogens is 448 g/mol. The van der Waals surface area contributed by atoms with Crippen molar-refractivity contribution in [2.75, 3.05) is 13.1 Å². The van der Waals surface area contributed by atoms with Gasteiger partial charge in [-0.15, -0.1) is 0 Å². The van der Waals surface area contributed by atoms with Crippen LogP contribution >= 0.6 is 27.3 Å². The number of ketones is 1. The number of carbonyl (C=O) groups excluding carboxylic acids is 3. The Kier molecular flexibility index (Phi) is 6.09. The summed E-state index contributed by atoms with van der Waals surface area (Å²) in [6.45, 7) is 5.58. The number of aromatic nitrogens is 2. The van der Waals surface area contributed by atoms with E-state index in [1.165, 1.54) is 11.3 Å². The van der Waals surface area contributed by atoms with E-state index in [9.17, 15) is 14.4 Å². The van der Waals surface area contributed by atoms with Gasteiger partial charge in [0.05, 0.1) is 21.9 Å². The van der Waals surface area contributed by atoms with E-state index in [0.717, 1.165) is 15.2 Å². The van der Waals surface area contributed by atoms with Crippen molar-refractivity contribution in [3.8, 4) is 0 Å². The normalized spacial score (nSPS) is 17.1. The Morgan fingerprint density at radius 3 is 2.79 bits per heavy atom. The molecule has 28 heavy (non-hydrogen) atoms. The summed E-state index contributed by atoms with van der Waals surface area (Å²) < 4.78 is 7.98. The van der Waals surface area contributed by atoms with E-state index >= 15 is 0 Å². The summed E-state index contributed by atoms with van der Waals surface area (Å²) in [5.41, 5.74) is 0.0580. The molecule has 0 spiro atoms. The first-order chi connectivity index (χ1) is 13.1. The van der Waals surface area contributed by atoms with Crippen LogP contribution in [-0.4, -0.2) is 56.8 Å². The molecule has 3 rings (SSSR count). The fourth-order valence-corrected chi connectivity index (χ4v) is 4.53. The SMILES string of the molecule is CC(C)(C)OC(=O)NCC(=O)N1CCC[C@H]1C(=O)Cc1cn2cc(Br)sc2n1. The van der Waals surface area contributed by atoms with Crippen LogP contribution in [0, 0.1) is 0 Å². The summed E-state index contributed by atoms with van der Waals surface area (Å²) >= 11 is 4.90. The Morgan fingerprint density at radius 1 is 1.36 bits per heavy atom. The minimum absolute atomic E-state index is 0.0343. The second-order valence-corrected chi connectivity index (χ2v) is 10.1. The van der Waals surface area contributed by atoms with E-state index in [2.05, 4.69) is 26.2 Å². The van der Waals surface area contributed by atoms with Gasteiger partial charge in [0.25, 0.3) is 0 Å². The third-order valence-electron chi connectivity index (χ3n) is 4.26. The highest BCUT2D eigenvalue weighted by Crippen LogP contribution is 2.24. The van der Waals surface area contributed by atoms with Crippen molar-refractivity contribution in [3.63, 3.8) is 0 Å². The molecule has 8 nitrogen and oxygen atoms in total. The number of fused-ring (bicyclic) bond motifs is 1. The molecule has 2 aromatic heterocycles. The molecule has 1 aliphatic heterocycles. The topological polar surface area (TPSA) is 93.0 Å². The number of imidazole rings is 1. The number of hydrogen-bond acceptors (Lipinski definition) is 6. The molecule has 1 atom stereocenters. The number of ether oxygens (including phenoxy) is 1. The molecule has 3 heterocycles. The standard InChI is InChI=1S/C18H23BrN4O4S/c1-18(2,3)27-17(26)20-8-15(25)23-6-4-5-12(23)13(24)7-11-9-22-10-14(19)28-16(22)21-11/h9-10,12H,4-8H2,1-3H3,(H,20,26)/t12-/m0/s1. The molecule has 1 saturated heterocycles. The van der Waals surface area contributed by atoms with Crippen molar-refractivity contribution in [3.05, 3.63) is 21.9 Å². The molecule has 0 aromatic carbocycles. The van der Waals surface area contributed by atoms with Crippen molar-refractivity contribution in [2.24, 2.45) is 0 Å². The zero-order valence-electron chi connectivity index (χ0n) is 16.0. The van der Waals surface area contributed by atoms with E-state index < -0.39 is 17.7 Å². The number of rotatable bonds is 5. The molecule has 0 bridgehead atoms. The Bertz CT molecular complexity index is 870. The molecule has 2 aromatic rings. The monoisotopic (exact) mass is 470 g/mol. The highest BCUT2D eigenvalue weighted by molar-refractivity contribution is 9.11. The van der Waals surface area contributed by atoms with Gasteiger partial charge in [0.1, 0.15) is 12.1 Å². The lowest BCUT2D eigenvalue weighted by Gasteiger charge is -2.24. The molecule has 10 heteroatoms. The van der Waals surface area contributed by atoms with E-state index in [4.69, 9.17) is 4.74 Å². The van der Waals surface area contributed by atoms with Crippen LogP contribution in [0.15, 0.2) is 16.2 Å². The summed E-state index contributed by atoms with van der Waals surface area (Å²) in [5.74, 6) is -0.315. The van der Waals surface area contributed by atoms with Gasteiger partial charge in [-0.25, -0.2) is 9.78 Å². The number of alkyl carbamates (subject to hydrolysis) is 1. The third-order valence-corrected chi connectivity index (χ3v) is 5.74. The lowest BCUT2D eigenvalue weighted by molar-refractivity contribution is -0.136. The van der Waals surface area contributed by atoms with E-state index in [-0.39, 0.29) is 24.7 Å². The minimum atomic E-state index is -0.646. The number of likely N-dealkylation sites (tertiary alicyclic amines) is 1. The maximum Gasteiger partial charge on any atom is 0.408 e. The second-order valence-electron chi connectivity index (χ2n) is 7.70. The Hall–Kier alpha value is -1.94. The van der Waals surface area contributed by atoms with Crippen LogP contribution in [0.2, 0.25) is 0 Å². The number of nitrogens with zero attached hydrogens (tertiary/aromatic N) is 3. The smallest absolute Gasteiger partial charge is 0.408 e. The van der Waals surface area contributed by atoms with Gasteiger partial charge in [0.15, 0.2) is 10.7 Å². The summed E-state index contributed by atoms with van der Waals surface area (Å²) in [5, 5.41) is 2.46. The van der Waals surface area contributed by atoms with Gasteiger partial charge in [-0.2, -0.15) is 0 Å². The summed E-state index contributed by atoms with van der Waals surface area (Å²) in [6.07, 6.45) is 4.66. The molecule has 0 aliphatic carbocycles. The van der Waals surface area contributed by atoms with Crippen LogP contribution in [0.1, 0.15) is 39.3 Å². The minimum Gasteiger partial charge on any atom is -0.444 e. The zero-order chi connectivity index (χ0) is 20.5. The molecule has 1 fully saturated rings. The van der Waals surface area contributed by atoms with Crippen LogP contribution < -0.4 is 5.32 Å². The van der Waals surface area contributed by atoms with E-state index in [0.29, 0.717) is 18.7 Å². The largest absolute Gasteiger partial charge is 0.444 e. The van der Waals surface area contributed by atoms with Crippen molar-refractivity contribution in [1.29, 1.82) is 0 Å². The third kappa shape index (κ3) is 5.11. The van der Waals surface area contributed by atoms with Gasteiger partial charge in [-0.3, -0.25) is 14.0 Å². The number of hydrogen-bond donors (Lipinski definition) is 1. The van der Waals surface area contributed by atoms with Crippen LogP contribution in [0.25, 0.3) is 4.96 Å². The summed E-state index contributed by atoms with van der Waals surface area (Å²) in [7, 11) is 0. The molecule has 0 radical (unpaired) electrons. The average Bonchev–Trinajstić information content (AvgIpc) is 3.25. The van der Waals surface area contributed by atoms with Gasteiger partial charge in [-0.05, 0) is 49.5 Å². The van der Waals surface area contributed by atoms with E-state index in [1.807, 2.05) is 16.8 Å². The molecule has 1 N–H and O–H groups in total. The molecule has 2 amide bonds. The maximum absolute atomic E-state index is 12.8. The van der Waals surface area contributed by atoms with Gasteiger partial charge in [-0.1, -0.05) is 11.3 Å². The highest BCUT2D eigenvalue weighted by Gasteiger charge is 2.34.